The molecule has 1 aromatic carbocycles. The van der Waals surface area contributed by atoms with Crippen molar-refractivity contribution in [2.24, 2.45) is 0 Å². The second kappa shape index (κ2) is 7.00. The van der Waals surface area contributed by atoms with E-state index in [2.05, 4.69) is 42.2 Å². The summed E-state index contributed by atoms with van der Waals surface area (Å²) in [7, 11) is 4.73. The normalized spacial score (nSPS) is 10.1. The topological polar surface area (TPSA) is 52.6 Å². The molecule has 2 rings (SSSR count). The molecule has 0 radical (unpaired) electrons. The van der Waals surface area contributed by atoms with Crippen molar-refractivity contribution >= 4 is 43.4 Å². The fourth-order valence-corrected chi connectivity index (χ4v) is 2.88. The minimum absolute atomic E-state index is 0.549. The lowest BCUT2D eigenvalue weighted by Gasteiger charge is -2.15. The summed E-state index contributed by atoms with van der Waals surface area (Å²) in [5.74, 6) is 2.39. The van der Waals surface area contributed by atoms with Crippen molar-refractivity contribution in [3.05, 3.63) is 33.3 Å². The molecule has 0 bridgehead atoms. The lowest BCUT2D eigenvalue weighted by atomic mass is 10.2. The highest BCUT2D eigenvalue weighted by Gasteiger charge is 2.14. The fraction of sp³-hybridized carbons (Fsp3) is 0.214. The van der Waals surface area contributed by atoms with E-state index < -0.39 is 0 Å². The van der Waals surface area contributed by atoms with Gasteiger partial charge in [-0.3, -0.25) is 0 Å². The molecule has 0 saturated carbocycles. The number of hydrogen-bond acceptors (Lipinski definition) is 5. The molecule has 0 aliphatic rings. The SMILES string of the molecule is COc1cc(Nc2ncc(Br)cc2Br)cc(OC)c1OC. The van der Waals surface area contributed by atoms with Crippen LogP contribution in [0.3, 0.4) is 0 Å². The number of rotatable bonds is 5. The number of halogens is 2. The van der Waals surface area contributed by atoms with E-state index in [1.807, 2.05) is 18.2 Å². The Morgan fingerprint density at radius 1 is 0.952 bits per heavy atom. The zero-order valence-electron chi connectivity index (χ0n) is 11.7. The van der Waals surface area contributed by atoms with Gasteiger partial charge in [0.1, 0.15) is 5.82 Å². The van der Waals surface area contributed by atoms with E-state index in [0.717, 1.165) is 14.6 Å². The lowest BCUT2D eigenvalue weighted by molar-refractivity contribution is 0.324. The van der Waals surface area contributed by atoms with Gasteiger partial charge in [-0.25, -0.2) is 4.98 Å². The first-order chi connectivity index (χ1) is 10.1. The van der Waals surface area contributed by atoms with Crippen molar-refractivity contribution in [1.29, 1.82) is 0 Å². The number of nitrogens with one attached hydrogen (secondary N) is 1. The van der Waals surface area contributed by atoms with Crippen LogP contribution in [-0.4, -0.2) is 26.3 Å². The molecule has 21 heavy (non-hydrogen) atoms. The van der Waals surface area contributed by atoms with Gasteiger partial charge in [-0.2, -0.15) is 0 Å². The van der Waals surface area contributed by atoms with Crippen LogP contribution in [0.5, 0.6) is 17.2 Å². The minimum Gasteiger partial charge on any atom is -0.493 e. The summed E-state index contributed by atoms with van der Waals surface area (Å²) in [4.78, 5) is 4.31. The van der Waals surface area contributed by atoms with Crippen molar-refractivity contribution in [3.63, 3.8) is 0 Å². The second-order valence-corrected chi connectivity index (χ2v) is 5.79. The molecule has 0 atom stereocenters. The first-order valence-electron chi connectivity index (χ1n) is 5.97. The zero-order chi connectivity index (χ0) is 15.4. The smallest absolute Gasteiger partial charge is 0.203 e. The molecule has 0 aliphatic carbocycles. The van der Waals surface area contributed by atoms with Crippen LogP contribution in [0.1, 0.15) is 0 Å². The van der Waals surface area contributed by atoms with Crippen molar-refractivity contribution < 1.29 is 14.2 Å². The van der Waals surface area contributed by atoms with Gasteiger partial charge in [0.15, 0.2) is 11.5 Å². The van der Waals surface area contributed by atoms with E-state index in [-0.39, 0.29) is 0 Å². The lowest BCUT2D eigenvalue weighted by Crippen LogP contribution is -1.99. The molecule has 5 nitrogen and oxygen atoms in total. The van der Waals surface area contributed by atoms with Crippen LogP contribution in [0.15, 0.2) is 33.3 Å². The van der Waals surface area contributed by atoms with Crippen LogP contribution in [0.4, 0.5) is 11.5 Å². The van der Waals surface area contributed by atoms with Gasteiger partial charge in [0.2, 0.25) is 5.75 Å². The molecule has 7 heteroatoms. The minimum atomic E-state index is 0.549. The van der Waals surface area contributed by atoms with Crippen molar-refractivity contribution in [3.8, 4) is 17.2 Å². The first kappa shape index (κ1) is 15.9. The van der Waals surface area contributed by atoms with Gasteiger partial charge in [-0.1, -0.05) is 0 Å². The molecule has 0 spiro atoms. The van der Waals surface area contributed by atoms with Gasteiger partial charge < -0.3 is 19.5 Å². The number of nitrogens with zero attached hydrogens (tertiary/aromatic N) is 1. The quantitative estimate of drug-likeness (QED) is 0.782. The van der Waals surface area contributed by atoms with Gasteiger partial charge in [0.25, 0.3) is 0 Å². The number of ether oxygens (including phenoxy) is 3. The predicted molar refractivity (Wildman–Crippen MR) is 89.0 cm³/mol. The highest BCUT2D eigenvalue weighted by molar-refractivity contribution is 9.11. The van der Waals surface area contributed by atoms with Crippen molar-refractivity contribution in [2.75, 3.05) is 26.6 Å². The number of methoxy groups -OCH3 is 3. The summed E-state index contributed by atoms with van der Waals surface area (Å²) < 4.78 is 17.7. The maximum Gasteiger partial charge on any atom is 0.203 e. The third-order valence-electron chi connectivity index (χ3n) is 2.74. The fourth-order valence-electron chi connectivity index (χ4n) is 1.80. The van der Waals surface area contributed by atoms with Crippen LogP contribution in [0, 0.1) is 0 Å². The molecule has 0 unspecified atom stereocenters. The molecule has 112 valence electrons. The maximum absolute atomic E-state index is 5.32. The molecule has 1 aromatic heterocycles. The van der Waals surface area contributed by atoms with Crippen LogP contribution in [0.25, 0.3) is 0 Å². The van der Waals surface area contributed by atoms with Crippen LogP contribution in [-0.2, 0) is 0 Å². The Hall–Kier alpha value is -1.47. The Labute approximate surface area is 139 Å². The standard InChI is InChI=1S/C14H14Br2N2O3/c1-19-11-5-9(6-12(20-2)13(11)21-3)18-14-10(16)4-8(15)7-17-14/h4-7H,1-3H3,(H,17,18). The third-order valence-corrected chi connectivity index (χ3v) is 3.77. The molecule has 0 fully saturated rings. The van der Waals surface area contributed by atoms with Gasteiger partial charge in [0, 0.05) is 28.5 Å². The van der Waals surface area contributed by atoms with Gasteiger partial charge in [-0.05, 0) is 37.9 Å². The molecule has 0 aliphatic heterocycles. The van der Waals surface area contributed by atoms with Crippen molar-refractivity contribution in [2.45, 2.75) is 0 Å². The Kier molecular flexibility index (Phi) is 5.30. The van der Waals surface area contributed by atoms with E-state index in [1.54, 1.807) is 27.5 Å². The maximum atomic E-state index is 5.32. The van der Waals surface area contributed by atoms with Crippen LogP contribution >= 0.6 is 31.9 Å². The number of aromatic nitrogens is 1. The summed E-state index contributed by atoms with van der Waals surface area (Å²) in [5.41, 5.74) is 0.778. The average Bonchev–Trinajstić information content (AvgIpc) is 2.49. The summed E-state index contributed by atoms with van der Waals surface area (Å²) in [6.45, 7) is 0. The average molecular weight is 418 g/mol. The highest BCUT2D eigenvalue weighted by atomic mass is 79.9. The largest absolute Gasteiger partial charge is 0.493 e. The molecule has 2 aromatic rings. The van der Waals surface area contributed by atoms with Crippen LogP contribution < -0.4 is 19.5 Å². The molecule has 1 N–H and O–H groups in total. The Balaban J connectivity index is 2.40. The number of anilines is 2. The summed E-state index contributed by atoms with van der Waals surface area (Å²) in [6, 6.07) is 5.54. The van der Waals surface area contributed by atoms with Gasteiger partial charge in [-0.15, -0.1) is 0 Å². The second-order valence-electron chi connectivity index (χ2n) is 4.02. The van der Waals surface area contributed by atoms with E-state index >= 15 is 0 Å². The molecular weight excluding hydrogens is 404 g/mol. The van der Waals surface area contributed by atoms with Crippen LogP contribution in [0.2, 0.25) is 0 Å². The summed E-state index contributed by atoms with van der Waals surface area (Å²) in [5, 5.41) is 3.21. The van der Waals surface area contributed by atoms with E-state index in [9.17, 15) is 0 Å². The van der Waals surface area contributed by atoms with Gasteiger partial charge in [0.05, 0.1) is 25.8 Å². The Bertz CT molecular complexity index is 625. The Morgan fingerprint density at radius 2 is 1.57 bits per heavy atom. The summed E-state index contributed by atoms with van der Waals surface area (Å²) in [6.07, 6.45) is 1.71. The highest BCUT2D eigenvalue weighted by Crippen LogP contribution is 2.41. The van der Waals surface area contributed by atoms with Gasteiger partial charge >= 0.3 is 0 Å². The summed E-state index contributed by atoms with van der Waals surface area (Å²) >= 11 is 6.83. The van der Waals surface area contributed by atoms with E-state index in [0.29, 0.717) is 23.1 Å². The first-order valence-corrected chi connectivity index (χ1v) is 7.55. The zero-order valence-corrected chi connectivity index (χ0v) is 14.9. The molecule has 1 heterocycles. The van der Waals surface area contributed by atoms with E-state index in [4.69, 9.17) is 14.2 Å². The number of pyridine rings is 1. The monoisotopic (exact) mass is 416 g/mol. The predicted octanol–water partition coefficient (Wildman–Crippen LogP) is 4.38. The molecule has 0 saturated heterocycles. The number of hydrogen-bond donors (Lipinski definition) is 1. The third kappa shape index (κ3) is 3.59. The Morgan fingerprint density at radius 3 is 2.05 bits per heavy atom. The molecular formula is C14H14Br2N2O3. The number of benzene rings is 1. The van der Waals surface area contributed by atoms with Crippen molar-refractivity contribution in [1.82, 2.24) is 4.98 Å². The molecule has 0 amide bonds. The van der Waals surface area contributed by atoms with E-state index in [1.165, 1.54) is 0 Å².